The first kappa shape index (κ1) is 13.8. The molecule has 0 saturated carbocycles. The summed E-state index contributed by atoms with van der Waals surface area (Å²) in [5, 5.41) is 21.0. The average Bonchev–Trinajstić information content (AvgIpc) is 2.28. The number of benzene rings is 1. The molecule has 0 aliphatic rings. The van der Waals surface area contributed by atoms with Gasteiger partial charge in [0.25, 0.3) is 0 Å². The fourth-order valence-electron chi connectivity index (χ4n) is 1.29. The molecule has 1 aromatic carbocycles. The van der Waals surface area contributed by atoms with Crippen LogP contribution < -0.4 is 5.32 Å². The van der Waals surface area contributed by atoms with Gasteiger partial charge in [0.15, 0.2) is 0 Å². The third kappa shape index (κ3) is 3.90. The van der Waals surface area contributed by atoms with E-state index in [9.17, 15) is 4.79 Å². The van der Waals surface area contributed by atoms with Gasteiger partial charge >= 0.3 is 5.97 Å². The van der Waals surface area contributed by atoms with Gasteiger partial charge in [-0.25, -0.2) is 0 Å². The molecule has 4 nitrogen and oxygen atoms in total. The molecule has 0 aliphatic heterocycles. The summed E-state index contributed by atoms with van der Waals surface area (Å²) in [5.41, 5.74) is 0.548. The number of carboxylic acid groups (broad SMARTS) is 1. The van der Waals surface area contributed by atoms with Crippen molar-refractivity contribution < 1.29 is 9.90 Å². The predicted octanol–water partition coefficient (Wildman–Crippen LogP) is 2.62. The molecule has 1 aromatic rings. The van der Waals surface area contributed by atoms with Crippen molar-refractivity contribution in [2.75, 3.05) is 6.54 Å². The summed E-state index contributed by atoms with van der Waals surface area (Å²) in [4.78, 5) is 10.4. The van der Waals surface area contributed by atoms with Crippen LogP contribution in [0.3, 0.4) is 0 Å². The van der Waals surface area contributed by atoms with Crippen molar-refractivity contribution in [1.82, 2.24) is 5.32 Å². The third-order valence-corrected chi connectivity index (χ3v) is 2.94. The molecule has 90 valence electrons. The summed E-state index contributed by atoms with van der Waals surface area (Å²) in [6, 6.07) is 6.33. The Morgan fingerprint density at radius 2 is 2.24 bits per heavy atom. The molecule has 0 aromatic heterocycles. The normalized spacial score (nSPS) is 11.8. The highest BCUT2D eigenvalue weighted by Crippen LogP contribution is 2.29. The lowest BCUT2D eigenvalue weighted by molar-refractivity contribution is -0.136. The Bertz CT molecular complexity index is 457. The molecule has 17 heavy (non-hydrogen) atoms. The van der Waals surface area contributed by atoms with E-state index in [2.05, 4.69) is 5.32 Å². The molecule has 1 rings (SSSR count). The van der Waals surface area contributed by atoms with E-state index < -0.39 is 12.0 Å². The SMILES string of the molecule is N#CC(NCCC(=O)O)c1cccc(Cl)c1Cl. The first-order valence-corrected chi connectivity index (χ1v) is 5.60. The first-order valence-electron chi connectivity index (χ1n) is 4.85. The molecule has 0 heterocycles. The van der Waals surface area contributed by atoms with Gasteiger partial charge in [-0.1, -0.05) is 35.3 Å². The van der Waals surface area contributed by atoms with Gasteiger partial charge in [-0.3, -0.25) is 10.1 Å². The number of hydrogen-bond donors (Lipinski definition) is 2. The van der Waals surface area contributed by atoms with Crippen LogP contribution >= 0.6 is 23.2 Å². The number of hydrogen-bond acceptors (Lipinski definition) is 3. The highest BCUT2D eigenvalue weighted by atomic mass is 35.5. The summed E-state index contributed by atoms with van der Waals surface area (Å²) >= 11 is 11.8. The topological polar surface area (TPSA) is 73.1 Å². The molecule has 0 amide bonds. The number of halogens is 2. The average molecular weight is 273 g/mol. The lowest BCUT2D eigenvalue weighted by atomic mass is 10.1. The molecule has 0 fully saturated rings. The van der Waals surface area contributed by atoms with Gasteiger partial charge < -0.3 is 5.11 Å². The van der Waals surface area contributed by atoms with Crippen molar-refractivity contribution in [2.24, 2.45) is 0 Å². The Kier molecular flexibility index (Phi) is 5.23. The van der Waals surface area contributed by atoms with Crippen LogP contribution in [0.4, 0.5) is 0 Å². The summed E-state index contributed by atoms with van der Waals surface area (Å²) in [6.07, 6.45) is -0.0592. The quantitative estimate of drug-likeness (QED) is 0.864. The van der Waals surface area contributed by atoms with Crippen molar-refractivity contribution in [1.29, 1.82) is 5.26 Å². The van der Waals surface area contributed by atoms with Gasteiger partial charge in [-0.05, 0) is 6.07 Å². The van der Waals surface area contributed by atoms with Crippen LogP contribution in [0.1, 0.15) is 18.0 Å². The summed E-state index contributed by atoms with van der Waals surface area (Å²) in [6.45, 7) is 0.191. The van der Waals surface area contributed by atoms with Crippen LogP contribution in [-0.2, 0) is 4.79 Å². The van der Waals surface area contributed by atoms with Crippen molar-refractivity contribution >= 4 is 29.2 Å². The van der Waals surface area contributed by atoms with E-state index >= 15 is 0 Å². The zero-order valence-electron chi connectivity index (χ0n) is 8.78. The largest absolute Gasteiger partial charge is 0.481 e. The van der Waals surface area contributed by atoms with Gasteiger partial charge in [0, 0.05) is 12.1 Å². The Morgan fingerprint density at radius 1 is 1.53 bits per heavy atom. The summed E-state index contributed by atoms with van der Waals surface area (Å²) in [5.74, 6) is -0.925. The molecule has 1 unspecified atom stereocenters. The highest BCUT2D eigenvalue weighted by Gasteiger charge is 2.15. The molecule has 2 N–H and O–H groups in total. The fourth-order valence-corrected chi connectivity index (χ4v) is 1.71. The van der Waals surface area contributed by atoms with Crippen molar-refractivity contribution in [3.8, 4) is 6.07 Å². The number of carbonyl (C=O) groups is 1. The number of nitrogens with zero attached hydrogens (tertiary/aromatic N) is 1. The minimum atomic E-state index is -0.925. The number of carboxylic acids is 1. The van der Waals surface area contributed by atoms with E-state index in [1.807, 2.05) is 6.07 Å². The minimum absolute atomic E-state index is 0.0592. The van der Waals surface area contributed by atoms with Crippen LogP contribution in [0, 0.1) is 11.3 Å². The molecule has 0 radical (unpaired) electrons. The molecule has 6 heteroatoms. The van der Waals surface area contributed by atoms with Crippen LogP contribution in [0.2, 0.25) is 10.0 Å². The zero-order chi connectivity index (χ0) is 12.8. The van der Waals surface area contributed by atoms with Gasteiger partial charge in [0.05, 0.1) is 22.5 Å². The van der Waals surface area contributed by atoms with Crippen LogP contribution in [0.5, 0.6) is 0 Å². The monoisotopic (exact) mass is 272 g/mol. The smallest absolute Gasteiger partial charge is 0.304 e. The maximum atomic E-state index is 10.4. The minimum Gasteiger partial charge on any atom is -0.481 e. The second-order valence-corrected chi connectivity index (χ2v) is 4.09. The molecular formula is C11H10Cl2N2O2. The van der Waals surface area contributed by atoms with E-state index in [1.54, 1.807) is 18.2 Å². The standard InChI is InChI=1S/C11H10Cl2N2O2/c12-8-3-1-2-7(11(8)13)9(6-14)15-5-4-10(16)17/h1-3,9,15H,4-5H2,(H,16,17). The zero-order valence-corrected chi connectivity index (χ0v) is 10.3. The molecule has 0 aliphatic carbocycles. The lowest BCUT2D eigenvalue weighted by Gasteiger charge is -2.13. The van der Waals surface area contributed by atoms with E-state index in [1.165, 1.54) is 0 Å². The van der Waals surface area contributed by atoms with Gasteiger partial charge in [0.1, 0.15) is 6.04 Å². The van der Waals surface area contributed by atoms with Crippen molar-refractivity contribution in [3.05, 3.63) is 33.8 Å². The third-order valence-electron chi connectivity index (χ3n) is 2.11. The maximum absolute atomic E-state index is 10.4. The van der Waals surface area contributed by atoms with E-state index in [0.717, 1.165) is 0 Å². The Hall–Kier alpha value is -1.28. The van der Waals surface area contributed by atoms with Crippen LogP contribution in [-0.4, -0.2) is 17.6 Å². The molecule has 0 spiro atoms. The lowest BCUT2D eigenvalue weighted by Crippen LogP contribution is -2.23. The van der Waals surface area contributed by atoms with Gasteiger partial charge in [-0.15, -0.1) is 0 Å². The number of nitriles is 1. The summed E-state index contributed by atoms with van der Waals surface area (Å²) in [7, 11) is 0. The molecule has 0 saturated heterocycles. The number of rotatable bonds is 5. The molecule has 1 atom stereocenters. The first-order chi connectivity index (χ1) is 8.06. The van der Waals surface area contributed by atoms with Crippen molar-refractivity contribution in [2.45, 2.75) is 12.5 Å². The van der Waals surface area contributed by atoms with Crippen LogP contribution in [0.15, 0.2) is 18.2 Å². The van der Waals surface area contributed by atoms with Crippen LogP contribution in [0.25, 0.3) is 0 Å². The fraction of sp³-hybridized carbons (Fsp3) is 0.273. The van der Waals surface area contributed by atoms with E-state index in [0.29, 0.717) is 15.6 Å². The predicted molar refractivity (Wildman–Crippen MR) is 65.1 cm³/mol. The van der Waals surface area contributed by atoms with E-state index in [4.69, 9.17) is 33.6 Å². The van der Waals surface area contributed by atoms with Gasteiger partial charge in [0.2, 0.25) is 0 Å². The second kappa shape index (κ2) is 6.45. The highest BCUT2D eigenvalue weighted by molar-refractivity contribution is 6.42. The molecular weight excluding hydrogens is 263 g/mol. The maximum Gasteiger partial charge on any atom is 0.304 e. The molecule has 0 bridgehead atoms. The van der Waals surface area contributed by atoms with E-state index in [-0.39, 0.29) is 13.0 Å². The number of nitrogens with one attached hydrogen (secondary N) is 1. The Balaban J connectivity index is 2.77. The van der Waals surface area contributed by atoms with Crippen molar-refractivity contribution in [3.63, 3.8) is 0 Å². The van der Waals surface area contributed by atoms with Gasteiger partial charge in [-0.2, -0.15) is 5.26 Å². The Labute approximate surface area is 109 Å². The Morgan fingerprint density at radius 3 is 2.82 bits per heavy atom. The summed E-state index contributed by atoms with van der Waals surface area (Å²) < 4.78 is 0. The number of aliphatic carboxylic acids is 1. The second-order valence-electron chi connectivity index (χ2n) is 3.30.